The van der Waals surface area contributed by atoms with Crippen molar-refractivity contribution >= 4 is 27.0 Å². The van der Waals surface area contributed by atoms with Gasteiger partial charge in [0.2, 0.25) is 0 Å². The highest BCUT2D eigenvalue weighted by Crippen LogP contribution is 2.23. The van der Waals surface area contributed by atoms with Crippen LogP contribution in [0.5, 0.6) is 0 Å². The lowest BCUT2D eigenvalue weighted by molar-refractivity contribution is 0.554. The van der Waals surface area contributed by atoms with Crippen LogP contribution in [0.4, 0.5) is 0 Å². The average Bonchev–Trinajstić information content (AvgIpc) is 2.59. The summed E-state index contributed by atoms with van der Waals surface area (Å²) < 4.78 is 0. The minimum absolute atomic E-state index is 0.0770. The quantitative estimate of drug-likeness (QED) is 0.783. The second-order valence-electron chi connectivity index (χ2n) is 4.82. The van der Waals surface area contributed by atoms with Crippen molar-refractivity contribution in [3.8, 4) is 0 Å². The van der Waals surface area contributed by atoms with Crippen LogP contribution in [0, 0.1) is 0 Å². The maximum atomic E-state index is 4.59. The number of hydrogen-bond acceptors (Lipinski definition) is 1. The molecule has 15 heavy (non-hydrogen) atoms. The fraction of sp³-hybridized carbons (Fsp3) is 0.417. The van der Waals surface area contributed by atoms with Gasteiger partial charge >= 0.3 is 0 Å². The van der Waals surface area contributed by atoms with Crippen LogP contribution in [0.15, 0.2) is 18.2 Å². The zero-order chi connectivity index (χ0) is 11.1. The molecule has 1 heterocycles. The van der Waals surface area contributed by atoms with Crippen molar-refractivity contribution in [2.75, 3.05) is 0 Å². The van der Waals surface area contributed by atoms with Crippen LogP contribution < -0.4 is 0 Å². The number of halogens is 1. The number of nitrogens with one attached hydrogen (secondary N) is 1. The Bertz CT molecular complexity index is 480. The molecule has 2 rings (SSSR count). The van der Waals surface area contributed by atoms with Crippen molar-refractivity contribution in [1.29, 1.82) is 0 Å². The van der Waals surface area contributed by atoms with Gasteiger partial charge in [0.25, 0.3) is 0 Å². The second-order valence-corrected chi connectivity index (χ2v) is 5.38. The van der Waals surface area contributed by atoms with Gasteiger partial charge in [-0.15, -0.1) is 0 Å². The molecule has 1 aromatic carbocycles. The van der Waals surface area contributed by atoms with E-state index in [1.807, 2.05) is 0 Å². The van der Waals surface area contributed by atoms with Gasteiger partial charge in [-0.1, -0.05) is 42.8 Å². The number of aromatic nitrogens is 2. The van der Waals surface area contributed by atoms with Crippen LogP contribution in [-0.4, -0.2) is 9.97 Å². The zero-order valence-electron chi connectivity index (χ0n) is 9.26. The second kappa shape index (κ2) is 3.63. The van der Waals surface area contributed by atoms with Gasteiger partial charge in [0.05, 0.1) is 11.0 Å². The Morgan fingerprint density at radius 3 is 2.67 bits per heavy atom. The van der Waals surface area contributed by atoms with Crippen LogP contribution in [0.2, 0.25) is 0 Å². The van der Waals surface area contributed by atoms with E-state index in [9.17, 15) is 0 Å². The first kappa shape index (κ1) is 10.7. The number of imidazole rings is 1. The van der Waals surface area contributed by atoms with Crippen LogP contribution in [0.3, 0.4) is 0 Å². The number of H-pyrrole nitrogens is 1. The Hall–Kier alpha value is -0.830. The van der Waals surface area contributed by atoms with E-state index < -0.39 is 0 Å². The molecule has 0 saturated carbocycles. The van der Waals surface area contributed by atoms with Gasteiger partial charge in [0, 0.05) is 10.7 Å². The molecule has 0 atom stereocenters. The molecule has 1 N–H and O–H groups in total. The van der Waals surface area contributed by atoms with E-state index in [1.54, 1.807) is 0 Å². The third-order valence-electron chi connectivity index (χ3n) is 2.41. The first-order valence-electron chi connectivity index (χ1n) is 5.06. The van der Waals surface area contributed by atoms with Crippen LogP contribution >= 0.6 is 15.9 Å². The molecular formula is C12H15BrN2. The van der Waals surface area contributed by atoms with E-state index in [0.717, 1.165) is 22.2 Å². The Balaban J connectivity index is 2.56. The van der Waals surface area contributed by atoms with E-state index in [2.05, 4.69) is 64.9 Å². The van der Waals surface area contributed by atoms with Crippen molar-refractivity contribution in [3.05, 3.63) is 29.6 Å². The molecule has 0 bridgehead atoms. The maximum absolute atomic E-state index is 4.59. The first-order chi connectivity index (χ1) is 7.00. The normalized spacial score (nSPS) is 12.3. The summed E-state index contributed by atoms with van der Waals surface area (Å²) in [4.78, 5) is 7.97. The predicted molar refractivity (Wildman–Crippen MR) is 67.4 cm³/mol. The number of rotatable bonds is 1. The molecule has 2 aromatic rings. The number of hydrogen-bond donors (Lipinski definition) is 1. The summed E-state index contributed by atoms with van der Waals surface area (Å²) in [5.41, 5.74) is 3.52. The topological polar surface area (TPSA) is 28.7 Å². The molecule has 0 unspecified atom stereocenters. The smallest absolute Gasteiger partial charge is 0.112 e. The van der Waals surface area contributed by atoms with Gasteiger partial charge in [-0.05, 0) is 17.7 Å². The van der Waals surface area contributed by atoms with Gasteiger partial charge in [0.15, 0.2) is 0 Å². The van der Waals surface area contributed by atoms with Gasteiger partial charge in [-0.3, -0.25) is 0 Å². The summed E-state index contributed by atoms with van der Waals surface area (Å²) >= 11 is 3.46. The highest BCUT2D eigenvalue weighted by molar-refractivity contribution is 9.08. The van der Waals surface area contributed by atoms with Crippen molar-refractivity contribution in [3.63, 3.8) is 0 Å². The van der Waals surface area contributed by atoms with Crippen molar-refractivity contribution < 1.29 is 0 Å². The third-order valence-corrected chi connectivity index (χ3v) is 3.06. The molecule has 1 aromatic heterocycles. The lowest BCUT2D eigenvalue weighted by atomic mass is 9.96. The molecule has 0 amide bonds. The zero-order valence-corrected chi connectivity index (χ0v) is 10.9. The average molecular weight is 267 g/mol. The molecule has 80 valence electrons. The Kier molecular flexibility index (Phi) is 2.59. The molecule has 0 aliphatic heterocycles. The molecule has 0 aliphatic carbocycles. The lowest BCUT2D eigenvalue weighted by Crippen LogP contribution is -2.12. The number of fused-ring (bicyclic) bond motifs is 1. The van der Waals surface area contributed by atoms with Gasteiger partial charge in [-0.2, -0.15) is 0 Å². The lowest BCUT2D eigenvalue weighted by Gasteiger charge is -2.13. The molecule has 0 fully saturated rings. The highest BCUT2D eigenvalue weighted by atomic mass is 79.9. The molecule has 0 radical (unpaired) electrons. The summed E-state index contributed by atoms with van der Waals surface area (Å²) in [5, 5.41) is 0.882. The minimum Gasteiger partial charge on any atom is -0.342 e. The van der Waals surface area contributed by atoms with Crippen molar-refractivity contribution in [2.24, 2.45) is 0 Å². The Labute approximate surface area is 98.2 Å². The van der Waals surface area contributed by atoms with E-state index in [0.29, 0.717) is 0 Å². The molecule has 0 aliphatic rings. The number of alkyl halides is 1. The summed E-state index contributed by atoms with van der Waals surface area (Å²) in [6, 6.07) is 6.31. The monoisotopic (exact) mass is 266 g/mol. The van der Waals surface area contributed by atoms with E-state index in [4.69, 9.17) is 0 Å². The number of nitrogens with zero attached hydrogens (tertiary/aromatic N) is 1. The summed E-state index contributed by atoms with van der Waals surface area (Å²) in [6.07, 6.45) is 0. The van der Waals surface area contributed by atoms with Crippen LogP contribution in [0.1, 0.15) is 32.2 Å². The predicted octanol–water partition coefficient (Wildman–Crippen LogP) is 3.76. The van der Waals surface area contributed by atoms with Crippen LogP contribution in [-0.2, 0) is 10.7 Å². The van der Waals surface area contributed by atoms with Gasteiger partial charge in [0.1, 0.15) is 5.82 Å². The number of benzene rings is 1. The van der Waals surface area contributed by atoms with Gasteiger partial charge in [-0.25, -0.2) is 4.98 Å². The Morgan fingerprint density at radius 1 is 1.33 bits per heavy atom. The molecule has 2 nitrogen and oxygen atoms in total. The molecular weight excluding hydrogens is 252 g/mol. The minimum atomic E-state index is 0.0770. The largest absolute Gasteiger partial charge is 0.342 e. The summed E-state index contributed by atoms with van der Waals surface area (Å²) in [5.74, 6) is 1.05. The molecule has 0 spiro atoms. The summed E-state index contributed by atoms with van der Waals surface area (Å²) in [6.45, 7) is 6.49. The first-order valence-corrected chi connectivity index (χ1v) is 6.18. The van der Waals surface area contributed by atoms with E-state index in [1.165, 1.54) is 5.56 Å². The van der Waals surface area contributed by atoms with Crippen molar-refractivity contribution in [1.82, 2.24) is 9.97 Å². The standard InChI is InChI=1S/C12H15BrN2/c1-12(2,3)11-14-9-5-4-8(7-13)6-10(9)15-11/h4-6H,7H2,1-3H3,(H,14,15). The van der Waals surface area contributed by atoms with Gasteiger partial charge < -0.3 is 4.98 Å². The third kappa shape index (κ3) is 2.07. The maximum Gasteiger partial charge on any atom is 0.112 e. The van der Waals surface area contributed by atoms with Crippen molar-refractivity contribution in [2.45, 2.75) is 31.5 Å². The highest BCUT2D eigenvalue weighted by Gasteiger charge is 2.17. The van der Waals surface area contributed by atoms with Crippen LogP contribution in [0.25, 0.3) is 11.0 Å². The molecule has 3 heteroatoms. The Morgan fingerprint density at radius 2 is 2.07 bits per heavy atom. The SMILES string of the molecule is CC(C)(C)c1nc2ccc(CBr)cc2[nH]1. The fourth-order valence-electron chi connectivity index (χ4n) is 1.50. The number of aromatic amines is 1. The molecule has 0 saturated heterocycles. The van der Waals surface area contributed by atoms with E-state index in [-0.39, 0.29) is 5.41 Å². The fourth-order valence-corrected chi connectivity index (χ4v) is 1.84. The van der Waals surface area contributed by atoms with E-state index >= 15 is 0 Å². The summed E-state index contributed by atoms with van der Waals surface area (Å²) in [7, 11) is 0.